The van der Waals surface area contributed by atoms with Crippen molar-refractivity contribution in [2.24, 2.45) is 0 Å². The molecule has 16 heavy (non-hydrogen) atoms. The van der Waals surface area contributed by atoms with E-state index in [1.54, 1.807) is 0 Å². The lowest BCUT2D eigenvalue weighted by atomic mass is 10.1. The average Bonchev–Trinajstić information content (AvgIpc) is 2.84. The second-order valence-corrected chi connectivity index (χ2v) is 3.90. The summed E-state index contributed by atoms with van der Waals surface area (Å²) in [5.41, 5.74) is 1.19. The smallest absolute Gasteiger partial charge is 0.138 e. The van der Waals surface area contributed by atoms with E-state index in [0.29, 0.717) is 6.54 Å². The fourth-order valence-electron chi connectivity index (χ4n) is 1.76. The Morgan fingerprint density at radius 2 is 2.31 bits per heavy atom. The van der Waals surface area contributed by atoms with Gasteiger partial charge >= 0.3 is 0 Å². The van der Waals surface area contributed by atoms with Crippen LogP contribution in [0.3, 0.4) is 0 Å². The number of hydrogen-bond donors (Lipinski definition) is 2. The van der Waals surface area contributed by atoms with Gasteiger partial charge in [-0.2, -0.15) is 5.10 Å². The van der Waals surface area contributed by atoms with Gasteiger partial charge in [-0.05, 0) is 26.8 Å². The number of hydrogen-bond acceptors (Lipinski definition) is 4. The molecule has 0 spiro atoms. The van der Waals surface area contributed by atoms with Gasteiger partial charge in [0.15, 0.2) is 0 Å². The summed E-state index contributed by atoms with van der Waals surface area (Å²) in [7, 11) is 0. The van der Waals surface area contributed by atoms with Crippen LogP contribution >= 0.6 is 0 Å². The molecule has 2 N–H and O–H groups in total. The first-order chi connectivity index (χ1) is 7.66. The fraction of sp³-hybridized carbons (Fsp3) is 0.455. The molecule has 2 heterocycles. The molecule has 86 valence electrons. The normalized spacial score (nSPS) is 12.9. The average molecular weight is 220 g/mol. The number of nitrogens with zero attached hydrogens (tertiary/aromatic N) is 2. The van der Waals surface area contributed by atoms with Gasteiger partial charge in [0.25, 0.3) is 0 Å². The predicted molar refractivity (Wildman–Crippen MR) is 59.8 cm³/mol. The van der Waals surface area contributed by atoms with Crippen molar-refractivity contribution in [3.8, 4) is 0 Å². The lowest BCUT2D eigenvalue weighted by Crippen LogP contribution is -2.19. The Bertz CT molecular complexity index is 447. The van der Waals surface area contributed by atoms with Crippen LogP contribution in [0.15, 0.2) is 16.8 Å². The summed E-state index contributed by atoms with van der Waals surface area (Å²) in [5.74, 6) is 2.75. The molecule has 0 aromatic carbocycles. The molecule has 5 heteroatoms. The van der Waals surface area contributed by atoms with Crippen molar-refractivity contribution in [3.63, 3.8) is 0 Å². The minimum Gasteiger partial charge on any atom is -0.466 e. The molecule has 1 atom stereocenters. The van der Waals surface area contributed by atoms with Crippen LogP contribution in [0.2, 0.25) is 0 Å². The second kappa shape index (κ2) is 4.49. The fourth-order valence-corrected chi connectivity index (χ4v) is 1.76. The molecule has 0 fully saturated rings. The summed E-state index contributed by atoms with van der Waals surface area (Å²) in [6.45, 7) is 6.72. The van der Waals surface area contributed by atoms with E-state index in [2.05, 4.69) is 33.5 Å². The monoisotopic (exact) mass is 220 g/mol. The molecule has 2 rings (SSSR count). The molecule has 5 nitrogen and oxygen atoms in total. The first-order valence-corrected chi connectivity index (χ1v) is 5.31. The van der Waals surface area contributed by atoms with Gasteiger partial charge in [-0.3, -0.25) is 5.10 Å². The zero-order valence-electron chi connectivity index (χ0n) is 9.74. The van der Waals surface area contributed by atoms with E-state index in [-0.39, 0.29) is 6.04 Å². The highest BCUT2D eigenvalue weighted by Gasteiger charge is 2.12. The highest BCUT2D eigenvalue weighted by atomic mass is 16.3. The molecule has 0 aliphatic rings. The van der Waals surface area contributed by atoms with Crippen LogP contribution in [-0.2, 0) is 6.54 Å². The van der Waals surface area contributed by atoms with E-state index in [0.717, 1.165) is 17.3 Å². The van der Waals surface area contributed by atoms with Crippen LogP contribution in [0, 0.1) is 13.8 Å². The van der Waals surface area contributed by atoms with Crippen molar-refractivity contribution in [2.75, 3.05) is 0 Å². The third-order valence-electron chi connectivity index (χ3n) is 2.59. The number of aromatic amines is 1. The van der Waals surface area contributed by atoms with Gasteiger partial charge in [-0.15, -0.1) is 0 Å². The van der Waals surface area contributed by atoms with Gasteiger partial charge < -0.3 is 9.73 Å². The molecule has 1 unspecified atom stereocenters. The molecule has 0 aliphatic heterocycles. The van der Waals surface area contributed by atoms with E-state index in [4.69, 9.17) is 4.42 Å². The molecule has 0 bridgehead atoms. The Morgan fingerprint density at radius 3 is 2.88 bits per heavy atom. The molecule has 0 radical (unpaired) electrons. The maximum absolute atomic E-state index is 5.50. The van der Waals surface area contributed by atoms with Crippen LogP contribution in [-0.4, -0.2) is 15.2 Å². The minimum absolute atomic E-state index is 0.238. The molecular formula is C11H16N4O. The van der Waals surface area contributed by atoms with Crippen LogP contribution in [0.5, 0.6) is 0 Å². The zero-order valence-corrected chi connectivity index (χ0v) is 9.74. The van der Waals surface area contributed by atoms with Gasteiger partial charge in [0.05, 0.1) is 6.54 Å². The number of aryl methyl sites for hydroxylation is 2. The number of furan rings is 1. The number of H-pyrrole nitrogens is 1. The summed E-state index contributed by atoms with van der Waals surface area (Å²) < 4.78 is 5.50. The second-order valence-electron chi connectivity index (χ2n) is 3.90. The molecule has 2 aromatic heterocycles. The molecule has 0 saturated carbocycles. The topological polar surface area (TPSA) is 66.7 Å². The van der Waals surface area contributed by atoms with Crippen LogP contribution in [0.4, 0.5) is 0 Å². The van der Waals surface area contributed by atoms with Gasteiger partial charge in [0.1, 0.15) is 23.7 Å². The maximum Gasteiger partial charge on any atom is 0.138 e. The maximum atomic E-state index is 5.50. The Balaban J connectivity index is 1.98. The third-order valence-corrected chi connectivity index (χ3v) is 2.59. The standard InChI is InChI=1S/C11H16N4O/c1-7-4-10(9(3)16-7)8(2)12-5-11-13-6-14-15-11/h4,6,8,12H,5H2,1-3H3,(H,13,14,15). The molecule has 0 aliphatic carbocycles. The van der Waals surface area contributed by atoms with E-state index in [9.17, 15) is 0 Å². The summed E-state index contributed by atoms with van der Waals surface area (Å²) >= 11 is 0. The Kier molecular flexibility index (Phi) is 3.05. The van der Waals surface area contributed by atoms with E-state index < -0.39 is 0 Å². The molecule has 0 saturated heterocycles. The SMILES string of the molecule is Cc1cc(C(C)NCc2ncn[nH]2)c(C)o1. The Labute approximate surface area is 94.3 Å². The summed E-state index contributed by atoms with van der Waals surface area (Å²) in [4.78, 5) is 4.06. The lowest BCUT2D eigenvalue weighted by molar-refractivity contribution is 0.488. The molecule has 2 aromatic rings. The number of rotatable bonds is 4. The van der Waals surface area contributed by atoms with Crippen molar-refractivity contribution >= 4 is 0 Å². The lowest BCUT2D eigenvalue weighted by Gasteiger charge is -2.11. The molecule has 0 amide bonds. The molecular weight excluding hydrogens is 204 g/mol. The minimum atomic E-state index is 0.238. The van der Waals surface area contributed by atoms with Crippen molar-refractivity contribution < 1.29 is 4.42 Å². The zero-order chi connectivity index (χ0) is 11.5. The number of nitrogens with one attached hydrogen (secondary N) is 2. The largest absolute Gasteiger partial charge is 0.466 e. The Morgan fingerprint density at radius 1 is 1.50 bits per heavy atom. The van der Waals surface area contributed by atoms with Gasteiger partial charge in [-0.1, -0.05) is 0 Å². The van der Waals surface area contributed by atoms with E-state index >= 15 is 0 Å². The first kappa shape index (κ1) is 10.9. The van der Waals surface area contributed by atoms with Gasteiger partial charge in [0.2, 0.25) is 0 Å². The highest BCUT2D eigenvalue weighted by Crippen LogP contribution is 2.21. The van der Waals surface area contributed by atoms with Crippen molar-refractivity contribution in [3.05, 3.63) is 35.3 Å². The van der Waals surface area contributed by atoms with E-state index in [1.165, 1.54) is 11.9 Å². The summed E-state index contributed by atoms with van der Waals surface area (Å²) in [5, 5.41) is 9.98. The summed E-state index contributed by atoms with van der Waals surface area (Å²) in [6, 6.07) is 2.30. The predicted octanol–water partition coefficient (Wildman–Crippen LogP) is 1.87. The third kappa shape index (κ3) is 2.30. The van der Waals surface area contributed by atoms with Crippen molar-refractivity contribution in [1.82, 2.24) is 20.5 Å². The van der Waals surface area contributed by atoms with Crippen molar-refractivity contribution in [2.45, 2.75) is 33.4 Å². The van der Waals surface area contributed by atoms with Crippen LogP contribution in [0.1, 0.15) is 35.9 Å². The van der Waals surface area contributed by atoms with E-state index in [1.807, 2.05) is 13.8 Å². The first-order valence-electron chi connectivity index (χ1n) is 5.31. The quantitative estimate of drug-likeness (QED) is 0.825. The van der Waals surface area contributed by atoms with Crippen LogP contribution < -0.4 is 5.32 Å². The van der Waals surface area contributed by atoms with Gasteiger partial charge in [0, 0.05) is 11.6 Å². The van der Waals surface area contributed by atoms with Crippen molar-refractivity contribution in [1.29, 1.82) is 0 Å². The van der Waals surface area contributed by atoms with Gasteiger partial charge in [-0.25, -0.2) is 4.98 Å². The van der Waals surface area contributed by atoms with Crippen LogP contribution in [0.25, 0.3) is 0 Å². The highest BCUT2D eigenvalue weighted by molar-refractivity contribution is 5.23. The Hall–Kier alpha value is -1.62. The summed E-state index contributed by atoms with van der Waals surface area (Å²) in [6.07, 6.45) is 1.51. The number of aromatic nitrogens is 3.